The van der Waals surface area contributed by atoms with Crippen molar-refractivity contribution in [3.8, 4) is 0 Å². The van der Waals surface area contributed by atoms with Crippen LogP contribution in [0, 0.1) is 0 Å². The van der Waals surface area contributed by atoms with Gasteiger partial charge in [-0.15, -0.1) is 0 Å². The Bertz CT molecular complexity index is 542. The Kier molecular flexibility index (Phi) is 5.14. The van der Waals surface area contributed by atoms with E-state index >= 15 is 0 Å². The van der Waals surface area contributed by atoms with Crippen molar-refractivity contribution in [3.05, 3.63) is 69.7 Å². The fourth-order valence-electron chi connectivity index (χ4n) is 2.04. The standard InChI is InChI=1S/C16H18BrNO/c1-12(13-7-4-8-16(17)9-13)18-10-14-5-2-3-6-15(14)11-19/h2-9,12,18-19H,10-11H2,1H3. The van der Waals surface area contributed by atoms with Crippen LogP contribution >= 0.6 is 15.9 Å². The lowest BCUT2D eigenvalue weighted by Crippen LogP contribution is -2.19. The minimum atomic E-state index is 0.0864. The van der Waals surface area contributed by atoms with Gasteiger partial charge in [-0.1, -0.05) is 52.3 Å². The second-order valence-electron chi connectivity index (χ2n) is 4.58. The summed E-state index contributed by atoms with van der Waals surface area (Å²) in [6.45, 7) is 2.98. The summed E-state index contributed by atoms with van der Waals surface area (Å²) in [6.07, 6.45) is 0. The Morgan fingerprint density at radius 2 is 1.84 bits per heavy atom. The van der Waals surface area contributed by atoms with Crippen LogP contribution in [0.3, 0.4) is 0 Å². The molecule has 2 N–H and O–H groups in total. The predicted octanol–water partition coefficient (Wildman–Crippen LogP) is 3.79. The summed E-state index contributed by atoms with van der Waals surface area (Å²) in [5.41, 5.74) is 3.37. The van der Waals surface area contributed by atoms with Crippen molar-refractivity contribution in [3.63, 3.8) is 0 Å². The van der Waals surface area contributed by atoms with Gasteiger partial charge >= 0.3 is 0 Å². The van der Waals surface area contributed by atoms with Gasteiger partial charge in [-0.3, -0.25) is 0 Å². The first-order chi connectivity index (χ1) is 9.20. The maximum Gasteiger partial charge on any atom is 0.0685 e. The van der Waals surface area contributed by atoms with Crippen molar-refractivity contribution < 1.29 is 5.11 Å². The third kappa shape index (κ3) is 3.90. The molecule has 1 atom stereocenters. The Morgan fingerprint density at radius 3 is 2.53 bits per heavy atom. The first kappa shape index (κ1) is 14.3. The van der Waals surface area contributed by atoms with E-state index in [1.807, 2.05) is 36.4 Å². The van der Waals surface area contributed by atoms with Gasteiger partial charge in [0.1, 0.15) is 0 Å². The maximum absolute atomic E-state index is 9.30. The molecule has 2 rings (SSSR count). The van der Waals surface area contributed by atoms with Gasteiger partial charge < -0.3 is 10.4 Å². The molecular formula is C16H18BrNO. The topological polar surface area (TPSA) is 32.3 Å². The van der Waals surface area contributed by atoms with E-state index in [0.29, 0.717) is 0 Å². The predicted molar refractivity (Wildman–Crippen MR) is 81.8 cm³/mol. The highest BCUT2D eigenvalue weighted by Gasteiger charge is 2.06. The van der Waals surface area contributed by atoms with Crippen LogP contribution in [0.15, 0.2) is 53.0 Å². The van der Waals surface area contributed by atoms with Crippen molar-refractivity contribution in [2.75, 3.05) is 0 Å². The van der Waals surface area contributed by atoms with Crippen molar-refractivity contribution in [1.29, 1.82) is 0 Å². The normalized spacial score (nSPS) is 12.4. The molecule has 0 radical (unpaired) electrons. The van der Waals surface area contributed by atoms with Gasteiger partial charge in [-0.2, -0.15) is 0 Å². The van der Waals surface area contributed by atoms with E-state index < -0.39 is 0 Å². The average Bonchev–Trinajstić information content (AvgIpc) is 2.45. The van der Waals surface area contributed by atoms with Crippen LogP contribution in [0.1, 0.15) is 29.7 Å². The number of aliphatic hydroxyl groups is 1. The summed E-state index contributed by atoms with van der Waals surface area (Å²) in [5, 5.41) is 12.8. The lowest BCUT2D eigenvalue weighted by molar-refractivity contribution is 0.280. The summed E-state index contributed by atoms with van der Waals surface area (Å²) in [6, 6.07) is 16.5. The van der Waals surface area contributed by atoms with Crippen LogP contribution in [0.2, 0.25) is 0 Å². The number of hydrogen-bond donors (Lipinski definition) is 2. The van der Waals surface area contributed by atoms with Crippen LogP contribution in [0.5, 0.6) is 0 Å². The molecule has 100 valence electrons. The minimum absolute atomic E-state index is 0.0864. The molecule has 0 aliphatic carbocycles. The molecule has 0 saturated heterocycles. The highest BCUT2D eigenvalue weighted by atomic mass is 79.9. The molecule has 2 aromatic carbocycles. The van der Waals surface area contributed by atoms with Gasteiger partial charge in [0.05, 0.1) is 6.61 Å². The third-order valence-electron chi connectivity index (χ3n) is 3.24. The van der Waals surface area contributed by atoms with Crippen molar-refractivity contribution >= 4 is 15.9 Å². The minimum Gasteiger partial charge on any atom is -0.392 e. The quantitative estimate of drug-likeness (QED) is 0.878. The first-order valence-corrected chi connectivity index (χ1v) is 7.16. The van der Waals surface area contributed by atoms with Crippen LogP contribution in [0.25, 0.3) is 0 Å². The lowest BCUT2D eigenvalue weighted by atomic mass is 10.1. The molecule has 0 aliphatic rings. The molecule has 0 fully saturated rings. The molecule has 2 aromatic rings. The molecule has 0 amide bonds. The summed E-state index contributed by atoms with van der Waals surface area (Å²) >= 11 is 3.49. The first-order valence-electron chi connectivity index (χ1n) is 6.37. The summed E-state index contributed by atoms with van der Waals surface area (Å²) < 4.78 is 1.09. The zero-order chi connectivity index (χ0) is 13.7. The zero-order valence-corrected chi connectivity index (χ0v) is 12.5. The highest BCUT2D eigenvalue weighted by Crippen LogP contribution is 2.18. The number of nitrogens with one attached hydrogen (secondary N) is 1. The van der Waals surface area contributed by atoms with E-state index in [-0.39, 0.29) is 12.6 Å². The Morgan fingerprint density at radius 1 is 1.11 bits per heavy atom. The van der Waals surface area contributed by atoms with Crippen molar-refractivity contribution in [2.45, 2.75) is 26.1 Å². The summed E-state index contributed by atoms with van der Waals surface area (Å²) in [4.78, 5) is 0. The van der Waals surface area contributed by atoms with Gasteiger partial charge in [0.25, 0.3) is 0 Å². The second-order valence-corrected chi connectivity index (χ2v) is 5.50. The molecule has 3 heteroatoms. The van der Waals surface area contributed by atoms with E-state index in [1.54, 1.807) is 0 Å². The fraction of sp³-hybridized carbons (Fsp3) is 0.250. The van der Waals surface area contributed by atoms with E-state index in [0.717, 1.165) is 22.1 Å². The molecular weight excluding hydrogens is 302 g/mol. The highest BCUT2D eigenvalue weighted by molar-refractivity contribution is 9.10. The van der Waals surface area contributed by atoms with Crippen molar-refractivity contribution in [1.82, 2.24) is 5.32 Å². The molecule has 0 aliphatic heterocycles. The molecule has 19 heavy (non-hydrogen) atoms. The Labute approximate surface area is 122 Å². The van der Waals surface area contributed by atoms with Crippen LogP contribution in [-0.2, 0) is 13.2 Å². The number of rotatable bonds is 5. The SMILES string of the molecule is CC(NCc1ccccc1CO)c1cccc(Br)c1. The molecule has 0 saturated carbocycles. The van der Waals surface area contributed by atoms with E-state index in [1.165, 1.54) is 5.56 Å². The molecule has 2 nitrogen and oxygen atoms in total. The number of halogens is 1. The van der Waals surface area contributed by atoms with Crippen molar-refractivity contribution in [2.24, 2.45) is 0 Å². The molecule has 0 bridgehead atoms. The smallest absolute Gasteiger partial charge is 0.0685 e. The van der Waals surface area contributed by atoms with Crippen LogP contribution in [-0.4, -0.2) is 5.11 Å². The maximum atomic E-state index is 9.30. The van der Waals surface area contributed by atoms with E-state index in [2.05, 4.69) is 40.3 Å². The van der Waals surface area contributed by atoms with Gasteiger partial charge in [0.15, 0.2) is 0 Å². The number of benzene rings is 2. The Balaban J connectivity index is 2.02. The largest absolute Gasteiger partial charge is 0.392 e. The van der Waals surface area contributed by atoms with Gasteiger partial charge in [0, 0.05) is 17.1 Å². The van der Waals surface area contributed by atoms with Crippen LogP contribution in [0.4, 0.5) is 0 Å². The van der Waals surface area contributed by atoms with Crippen LogP contribution < -0.4 is 5.32 Å². The van der Waals surface area contributed by atoms with Gasteiger partial charge in [-0.25, -0.2) is 0 Å². The second kappa shape index (κ2) is 6.85. The van der Waals surface area contributed by atoms with Gasteiger partial charge in [0.2, 0.25) is 0 Å². The molecule has 0 heterocycles. The van der Waals surface area contributed by atoms with E-state index in [4.69, 9.17) is 0 Å². The van der Waals surface area contributed by atoms with Gasteiger partial charge in [-0.05, 0) is 35.7 Å². The monoisotopic (exact) mass is 319 g/mol. The molecule has 1 unspecified atom stereocenters. The Hall–Kier alpha value is -1.16. The zero-order valence-electron chi connectivity index (χ0n) is 10.9. The molecule has 0 spiro atoms. The summed E-state index contributed by atoms with van der Waals surface area (Å²) in [7, 11) is 0. The average molecular weight is 320 g/mol. The number of hydrogen-bond acceptors (Lipinski definition) is 2. The fourth-order valence-corrected chi connectivity index (χ4v) is 2.46. The number of aliphatic hydroxyl groups excluding tert-OH is 1. The molecule has 0 aromatic heterocycles. The lowest BCUT2D eigenvalue weighted by Gasteiger charge is -2.16. The summed E-state index contributed by atoms with van der Waals surface area (Å²) in [5.74, 6) is 0. The third-order valence-corrected chi connectivity index (χ3v) is 3.73. The van der Waals surface area contributed by atoms with E-state index in [9.17, 15) is 5.11 Å².